The lowest BCUT2D eigenvalue weighted by molar-refractivity contribution is 0.249. The number of halogens is 2. The molecule has 1 fully saturated rings. The fourth-order valence-electron chi connectivity index (χ4n) is 2.50. The minimum Gasteiger partial charge on any atom is -0.369 e. The van der Waals surface area contributed by atoms with Crippen LogP contribution in [0, 0.1) is 5.82 Å². The lowest BCUT2D eigenvalue weighted by Gasteiger charge is -2.19. The van der Waals surface area contributed by atoms with Gasteiger partial charge in [0, 0.05) is 31.0 Å². The van der Waals surface area contributed by atoms with E-state index in [1.54, 1.807) is 24.3 Å². The van der Waals surface area contributed by atoms with E-state index in [4.69, 9.17) is 11.6 Å². The minimum atomic E-state index is -0.437. The molecule has 2 heterocycles. The second-order valence-electron chi connectivity index (χ2n) is 5.24. The van der Waals surface area contributed by atoms with E-state index in [1.807, 2.05) is 0 Å². The fraction of sp³-hybridized carbons (Fsp3) is 0.267. The molecule has 2 aromatic rings. The summed E-state index contributed by atoms with van der Waals surface area (Å²) in [5, 5.41) is 13.1. The number of hydrogen-bond donors (Lipinski definition) is 2. The van der Waals surface area contributed by atoms with E-state index in [0.717, 1.165) is 18.7 Å². The van der Waals surface area contributed by atoms with Gasteiger partial charge in [-0.25, -0.2) is 9.18 Å². The molecule has 120 valence electrons. The number of aromatic nitrogens is 2. The van der Waals surface area contributed by atoms with Gasteiger partial charge in [-0.15, -0.1) is 5.10 Å². The van der Waals surface area contributed by atoms with Crippen LogP contribution in [0.3, 0.4) is 0 Å². The van der Waals surface area contributed by atoms with Gasteiger partial charge in [0.2, 0.25) is 0 Å². The van der Waals surface area contributed by atoms with E-state index in [2.05, 4.69) is 25.7 Å². The Morgan fingerprint density at radius 3 is 3.00 bits per heavy atom. The summed E-state index contributed by atoms with van der Waals surface area (Å²) in [7, 11) is 0. The van der Waals surface area contributed by atoms with Gasteiger partial charge in [-0.1, -0.05) is 11.6 Å². The SMILES string of the molecule is O=C(Nc1cccnn1)N[C@@H]1CCN(c2ccc(F)c(Cl)c2)C1. The van der Waals surface area contributed by atoms with Crippen molar-refractivity contribution in [3.05, 3.63) is 47.4 Å². The predicted molar refractivity (Wildman–Crippen MR) is 86.2 cm³/mol. The molecular formula is C15H15ClFN5O. The summed E-state index contributed by atoms with van der Waals surface area (Å²) in [5.41, 5.74) is 0.843. The topological polar surface area (TPSA) is 70.1 Å². The molecule has 1 aromatic heterocycles. The van der Waals surface area contributed by atoms with Crippen molar-refractivity contribution in [2.75, 3.05) is 23.3 Å². The maximum atomic E-state index is 13.2. The van der Waals surface area contributed by atoms with E-state index in [0.29, 0.717) is 12.4 Å². The van der Waals surface area contributed by atoms with Gasteiger partial charge in [0.25, 0.3) is 0 Å². The first-order valence-corrected chi connectivity index (χ1v) is 7.55. The summed E-state index contributed by atoms with van der Waals surface area (Å²) in [4.78, 5) is 14.0. The number of hydrogen-bond acceptors (Lipinski definition) is 4. The Morgan fingerprint density at radius 2 is 2.26 bits per heavy atom. The van der Waals surface area contributed by atoms with Crippen LogP contribution in [0.2, 0.25) is 5.02 Å². The highest BCUT2D eigenvalue weighted by molar-refractivity contribution is 6.31. The zero-order chi connectivity index (χ0) is 16.2. The van der Waals surface area contributed by atoms with Gasteiger partial charge in [0.1, 0.15) is 5.82 Å². The summed E-state index contributed by atoms with van der Waals surface area (Å²) in [6, 6.07) is 7.65. The Balaban J connectivity index is 1.55. The largest absolute Gasteiger partial charge is 0.369 e. The van der Waals surface area contributed by atoms with Gasteiger partial charge in [-0.05, 0) is 36.8 Å². The summed E-state index contributed by atoms with van der Waals surface area (Å²) in [5.74, 6) is -0.0437. The highest BCUT2D eigenvalue weighted by Crippen LogP contribution is 2.25. The number of rotatable bonds is 3. The highest BCUT2D eigenvalue weighted by atomic mass is 35.5. The van der Waals surface area contributed by atoms with Crippen molar-refractivity contribution in [2.24, 2.45) is 0 Å². The van der Waals surface area contributed by atoms with Crippen LogP contribution in [0.25, 0.3) is 0 Å². The third-order valence-electron chi connectivity index (χ3n) is 3.61. The van der Waals surface area contributed by atoms with Gasteiger partial charge >= 0.3 is 6.03 Å². The highest BCUT2D eigenvalue weighted by Gasteiger charge is 2.24. The van der Waals surface area contributed by atoms with E-state index in [1.165, 1.54) is 12.3 Å². The first-order chi connectivity index (χ1) is 11.1. The zero-order valence-electron chi connectivity index (χ0n) is 12.2. The van der Waals surface area contributed by atoms with Gasteiger partial charge in [0.05, 0.1) is 5.02 Å². The molecule has 8 heteroatoms. The molecule has 1 aliphatic rings. The Labute approximate surface area is 137 Å². The molecule has 2 amide bonds. The molecule has 3 rings (SSSR count). The normalized spacial score (nSPS) is 17.1. The van der Waals surface area contributed by atoms with Gasteiger partial charge < -0.3 is 10.2 Å². The molecule has 6 nitrogen and oxygen atoms in total. The summed E-state index contributed by atoms with van der Waals surface area (Å²) in [6.45, 7) is 1.40. The van der Waals surface area contributed by atoms with Gasteiger partial charge in [0.15, 0.2) is 5.82 Å². The van der Waals surface area contributed by atoms with Crippen molar-refractivity contribution in [3.8, 4) is 0 Å². The van der Waals surface area contributed by atoms with Crippen LogP contribution in [0.4, 0.5) is 20.7 Å². The lowest BCUT2D eigenvalue weighted by atomic mass is 10.2. The maximum absolute atomic E-state index is 13.2. The second kappa shape index (κ2) is 6.78. The van der Waals surface area contributed by atoms with Crippen LogP contribution in [0.5, 0.6) is 0 Å². The van der Waals surface area contributed by atoms with Crippen molar-refractivity contribution in [1.29, 1.82) is 0 Å². The summed E-state index contributed by atoms with van der Waals surface area (Å²) < 4.78 is 13.2. The maximum Gasteiger partial charge on any atom is 0.320 e. The molecule has 0 bridgehead atoms. The van der Waals surface area contributed by atoms with Crippen LogP contribution in [-0.4, -0.2) is 35.4 Å². The van der Waals surface area contributed by atoms with Crippen LogP contribution in [0.1, 0.15) is 6.42 Å². The molecule has 0 unspecified atom stereocenters. The van der Waals surface area contributed by atoms with E-state index in [-0.39, 0.29) is 17.1 Å². The van der Waals surface area contributed by atoms with Crippen molar-refractivity contribution in [3.63, 3.8) is 0 Å². The van der Waals surface area contributed by atoms with Crippen molar-refractivity contribution >= 4 is 29.1 Å². The Hall–Kier alpha value is -2.41. The number of urea groups is 1. The molecule has 0 spiro atoms. The first kappa shape index (κ1) is 15.5. The summed E-state index contributed by atoms with van der Waals surface area (Å²) >= 11 is 5.81. The third-order valence-corrected chi connectivity index (χ3v) is 3.90. The average Bonchev–Trinajstić information content (AvgIpc) is 2.99. The number of nitrogens with one attached hydrogen (secondary N) is 2. The smallest absolute Gasteiger partial charge is 0.320 e. The van der Waals surface area contributed by atoms with E-state index < -0.39 is 5.82 Å². The Kier molecular flexibility index (Phi) is 4.57. The molecule has 0 radical (unpaired) electrons. The Morgan fingerprint density at radius 1 is 1.39 bits per heavy atom. The van der Waals surface area contributed by atoms with E-state index in [9.17, 15) is 9.18 Å². The van der Waals surface area contributed by atoms with Crippen LogP contribution in [-0.2, 0) is 0 Å². The average molecular weight is 336 g/mol. The van der Waals surface area contributed by atoms with Crippen molar-refractivity contribution in [2.45, 2.75) is 12.5 Å². The fourth-order valence-corrected chi connectivity index (χ4v) is 2.68. The van der Waals surface area contributed by atoms with E-state index >= 15 is 0 Å². The predicted octanol–water partition coefficient (Wildman–Crippen LogP) is 2.67. The Bertz CT molecular complexity index is 700. The van der Waals surface area contributed by atoms with Crippen LogP contribution in [0.15, 0.2) is 36.5 Å². The summed E-state index contributed by atoms with van der Waals surface area (Å²) in [6.07, 6.45) is 2.33. The van der Waals surface area contributed by atoms with Crippen molar-refractivity contribution < 1.29 is 9.18 Å². The molecule has 1 aromatic carbocycles. The zero-order valence-corrected chi connectivity index (χ0v) is 12.9. The third kappa shape index (κ3) is 3.87. The van der Waals surface area contributed by atoms with Gasteiger partial charge in [-0.2, -0.15) is 5.10 Å². The lowest BCUT2D eigenvalue weighted by Crippen LogP contribution is -2.39. The number of nitrogens with zero attached hydrogens (tertiary/aromatic N) is 3. The quantitative estimate of drug-likeness (QED) is 0.904. The number of carbonyl (C=O) groups is 1. The molecule has 23 heavy (non-hydrogen) atoms. The molecule has 1 aliphatic heterocycles. The molecule has 2 N–H and O–H groups in total. The molecule has 0 aliphatic carbocycles. The number of amides is 2. The molecule has 0 saturated carbocycles. The second-order valence-corrected chi connectivity index (χ2v) is 5.64. The first-order valence-electron chi connectivity index (χ1n) is 7.17. The van der Waals surface area contributed by atoms with Crippen LogP contribution >= 0.6 is 11.6 Å². The number of benzene rings is 1. The minimum absolute atomic E-state index is 0.00417. The van der Waals surface area contributed by atoms with Gasteiger partial charge in [-0.3, -0.25) is 5.32 Å². The van der Waals surface area contributed by atoms with Crippen LogP contribution < -0.4 is 15.5 Å². The molecule has 1 atom stereocenters. The van der Waals surface area contributed by atoms with Crippen molar-refractivity contribution in [1.82, 2.24) is 15.5 Å². The monoisotopic (exact) mass is 335 g/mol. The standard InChI is InChI=1S/C15H15ClFN5O/c16-12-8-11(3-4-13(12)17)22-7-5-10(9-22)19-15(23)20-14-2-1-6-18-21-14/h1-4,6,8,10H,5,7,9H2,(H2,19,20,21,23)/t10-/m1/s1. The molecular weight excluding hydrogens is 321 g/mol. The molecule has 1 saturated heterocycles. The number of carbonyl (C=O) groups excluding carboxylic acids is 1. The number of anilines is 2.